The summed E-state index contributed by atoms with van der Waals surface area (Å²) in [6, 6.07) is 8.70. The molecule has 7 heteroatoms. The van der Waals surface area contributed by atoms with E-state index in [9.17, 15) is 14.4 Å². The number of nitrogens with zero attached hydrogens (tertiary/aromatic N) is 1. The molecule has 3 amide bonds. The molecule has 1 aromatic rings. The first-order valence-corrected chi connectivity index (χ1v) is 10.2. The zero-order chi connectivity index (χ0) is 22.7. The number of carbonyl (C=O) groups is 3. The lowest BCUT2D eigenvalue weighted by Crippen LogP contribution is -2.46. The number of ether oxygens (including phenoxy) is 1. The standard InChI is InChI=1S/C23H33N3O4/c1-7-10-15-24-21(28)20(18-13-11-17(8-2)12-14-18)26(9-3)19(27)16-25-22(29)30-23(4,5)6/h3,11-14,20H,7-8,10,15-16H2,1-2,4-6H3,(H,24,28)(H,25,29). The monoisotopic (exact) mass is 415 g/mol. The molecule has 0 aliphatic heterocycles. The predicted octanol–water partition coefficient (Wildman–Crippen LogP) is 3.15. The van der Waals surface area contributed by atoms with Crippen LogP contribution in [0.5, 0.6) is 0 Å². The molecule has 2 N–H and O–H groups in total. The molecule has 0 saturated carbocycles. The summed E-state index contributed by atoms with van der Waals surface area (Å²) in [5, 5.41) is 5.23. The molecular formula is C23H33N3O4. The maximum atomic E-state index is 12.9. The van der Waals surface area contributed by atoms with Crippen LogP contribution in [0.15, 0.2) is 24.3 Å². The molecule has 1 aromatic carbocycles. The van der Waals surface area contributed by atoms with Crippen molar-refractivity contribution >= 4 is 17.9 Å². The largest absolute Gasteiger partial charge is 0.444 e. The third-order valence-electron chi connectivity index (χ3n) is 4.23. The summed E-state index contributed by atoms with van der Waals surface area (Å²) in [5.41, 5.74) is 1.01. The lowest BCUT2D eigenvalue weighted by Gasteiger charge is -2.27. The number of unbranched alkanes of at least 4 members (excludes halogenated alkanes) is 1. The average molecular weight is 416 g/mol. The summed E-state index contributed by atoms with van der Waals surface area (Å²) in [4.78, 5) is 38.5. The smallest absolute Gasteiger partial charge is 0.408 e. The Morgan fingerprint density at radius 3 is 2.27 bits per heavy atom. The molecule has 0 bridgehead atoms. The zero-order valence-electron chi connectivity index (χ0n) is 18.6. The highest BCUT2D eigenvalue weighted by molar-refractivity contribution is 5.91. The van der Waals surface area contributed by atoms with E-state index in [1.165, 1.54) is 0 Å². The van der Waals surface area contributed by atoms with Gasteiger partial charge in [-0.1, -0.05) is 51.0 Å². The topological polar surface area (TPSA) is 87.7 Å². The summed E-state index contributed by atoms with van der Waals surface area (Å²) in [7, 11) is 0. The van der Waals surface area contributed by atoms with Crippen molar-refractivity contribution in [1.29, 1.82) is 0 Å². The molecule has 0 fully saturated rings. The average Bonchev–Trinajstić information content (AvgIpc) is 2.69. The van der Waals surface area contributed by atoms with Gasteiger partial charge in [0.05, 0.1) is 0 Å². The first-order chi connectivity index (χ1) is 14.1. The van der Waals surface area contributed by atoms with Crippen molar-refractivity contribution in [1.82, 2.24) is 15.5 Å². The molecule has 1 rings (SSSR count). The zero-order valence-corrected chi connectivity index (χ0v) is 18.6. The van der Waals surface area contributed by atoms with Gasteiger partial charge in [-0.2, -0.15) is 0 Å². The second-order valence-electron chi connectivity index (χ2n) is 7.89. The molecular weight excluding hydrogens is 382 g/mol. The quantitative estimate of drug-likeness (QED) is 0.368. The van der Waals surface area contributed by atoms with Crippen LogP contribution in [0.1, 0.15) is 64.6 Å². The Morgan fingerprint density at radius 1 is 1.13 bits per heavy atom. The van der Waals surface area contributed by atoms with Crippen LogP contribution in [-0.2, 0) is 20.7 Å². The number of amides is 3. The fourth-order valence-corrected chi connectivity index (χ4v) is 2.68. The minimum atomic E-state index is -0.995. The Kier molecular flexibility index (Phi) is 9.90. The maximum absolute atomic E-state index is 12.9. The maximum Gasteiger partial charge on any atom is 0.408 e. The summed E-state index contributed by atoms with van der Waals surface area (Å²) >= 11 is 0. The van der Waals surface area contributed by atoms with Gasteiger partial charge < -0.3 is 15.4 Å². The van der Waals surface area contributed by atoms with Gasteiger partial charge in [0.1, 0.15) is 18.2 Å². The van der Waals surface area contributed by atoms with E-state index in [0.29, 0.717) is 12.1 Å². The van der Waals surface area contributed by atoms with Gasteiger partial charge in [0.2, 0.25) is 5.91 Å². The van der Waals surface area contributed by atoms with Gasteiger partial charge in [0, 0.05) is 12.6 Å². The van der Waals surface area contributed by atoms with Crippen LogP contribution in [0, 0.1) is 12.5 Å². The lowest BCUT2D eigenvalue weighted by atomic mass is 10.0. The van der Waals surface area contributed by atoms with E-state index < -0.39 is 23.6 Å². The van der Waals surface area contributed by atoms with Gasteiger partial charge in [-0.25, -0.2) is 4.79 Å². The van der Waals surface area contributed by atoms with Crippen molar-refractivity contribution in [3.8, 4) is 12.5 Å². The Hall–Kier alpha value is -3.01. The summed E-state index contributed by atoms with van der Waals surface area (Å²) in [6.07, 6.45) is 7.46. The Morgan fingerprint density at radius 2 is 1.77 bits per heavy atom. The number of aryl methyl sites for hydroxylation is 1. The van der Waals surface area contributed by atoms with Crippen molar-refractivity contribution in [3.63, 3.8) is 0 Å². The molecule has 164 valence electrons. The van der Waals surface area contributed by atoms with Crippen LogP contribution in [-0.4, -0.2) is 41.5 Å². The minimum Gasteiger partial charge on any atom is -0.444 e. The van der Waals surface area contributed by atoms with Crippen LogP contribution in [0.2, 0.25) is 0 Å². The third kappa shape index (κ3) is 8.16. The third-order valence-corrected chi connectivity index (χ3v) is 4.23. The van der Waals surface area contributed by atoms with E-state index >= 15 is 0 Å². The van der Waals surface area contributed by atoms with E-state index in [0.717, 1.165) is 29.7 Å². The molecule has 0 spiro atoms. The van der Waals surface area contributed by atoms with Crippen LogP contribution in [0.4, 0.5) is 4.79 Å². The number of nitrogens with one attached hydrogen (secondary N) is 2. The van der Waals surface area contributed by atoms with Crippen LogP contribution in [0.3, 0.4) is 0 Å². The number of alkyl carbamates (subject to hydrolysis) is 1. The minimum absolute atomic E-state index is 0.365. The van der Waals surface area contributed by atoms with Gasteiger partial charge in [-0.05, 0) is 44.7 Å². The number of hydrogen-bond acceptors (Lipinski definition) is 4. The van der Waals surface area contributed by atoms with E-state index in [-0.39, 0.29) is 12.5 Å². The van der Waals surface area contributed by atoms with Crippen molar-refractivity contribution in [2.24, 2.45) is 0 Å². The van der Waals surface area contributed by atoms with Crippen LogP contribution < -0.4 is 10.6 Å². The van der Waals surface area contributed by atoms with E-state index in [2.05, 4.69) is 16.7 Å². The Labute approximate surface area is 179 Å². The van der Waals surface area contributed by atoms with E-state index in [1.54, 1.807) is 32.9 Å². The lowest BCUT2D eigenvalue weighted by molar-refractivity contribution is -0.136. The van der Waals surface area contributed by atoms with Crippen LogP contribution >= 0.6 is 0 Å². The SMILES string of the molecule is C#CN(C(=O)CNC(=O)OC(C)(C)C)C(C(=O)NCCCC)c1ccc(CC)cc1. The highest BCUT2D eigenvalue weighted by Crippen LogP contribution is 2.22. The number of carbonyl (C=O) groups excluding carboxylic acids is 3. The van der Waals surface area contributed by atoms with Gasteiger partial charge in [0.15, 0.2) is 0 Å². The fourth-order valence-electron chi connectivity index (χ4n) is 2.68. The second-order valence-corrected chi connectivity index (χ2v) is 7.89. The summed E-state index contributed by atoms with van der Waals surface area (Å²) in [6.45, 7) is 9.32. The van der Waals surface area contributed by atoms with Gasteiger partial charge in [0.25, 0.3) is 5.91 Å². The second kappa shape index (κ2) is 11.9. The van der Waals surface area contributed by atoms with Crippen LogP contribution in [0.25, 0.3) is 0 Å². The van der Waals surface area contributed by atoms with Gasteiger partial charge >= 0.3 is 6.09 Å². The van der Waals surface area contributed by atoms with Crippen molar-refractivity contribution in [3.05, 3.63) is 35.4 Å². The predicted molar refractivity (Wildman–Crippen MR) is 116 cm³/mol. The Bertz CT molecular complexity index is 760. The number of benzene rings is 1. The number of terminal acetylenes is 1. The molecule has 1 unspecified atom stereocenters. The van der Waals surface area contributed by atoms with Gasteiger partial charge in [-0.15, -0.1) is 0 Å². The molecule has 30 heavy (non-hydrogen) atoms. The van der Waals surface area contributed by atoms with Crippen molar-refractivity contribution in [2.75, 3.05) is 13.1 Å². The molecule has 0 aliphatic carbocycles. The highest BCUT2D eigenvalue weighted by atomic mass is 16.6. The molecule has 0 aromatic heterocycles. The number of rotatable bonds is 9. The molecule has 0 aliphatic rings. The van der Waals surface area contributed by atoms with E-state index in [1.807, 2.05) is 26.0 Å². The molecule has 0 saturated heterocycles. The summed E-state index contributed by atoms with van der Waals surface area (Å²) < 4.78 is 5.13. The molecule has 7 nitrogen and oxygen atoms in total. The molecule has 0 heterocycles. The van der Waals surface area contributed by atoms with Gasteiger partial charge in [-0.3, -0.25) is 14.5 Å². The first kappa shape index (κ1) is 25.0. The normalized spacial score (nSPS) is 11.7. The highest BCUT2D eigenvalue weighted by Gasteiger charge is 2.31. The fraction of sp³-hybridized carbons (Fsp3) is 0.522. The Balaban J connectivity index is 3.02. The van der Waals surface area contributed by atoms with E-state index in [4.69, 9.17) is 11.2 Å². The number of hydrogen-bond donors (Lipinski definition) is 2. The summed E-state index contributed by atoms with van der Waals surface area (Å²) in [5.74, 6) is -0.949. The molecule has 1 atom stereocenters. The molecule has 0 radical (unpaired) electrons. The first-order valence-electron chi connectivity index (χ1n) is 10.2. The van der Waals surface area contributed by atoms with Crippen molar-refractivity contribution < 1.29 is 19.1 Å². The van der Waals surface area contributed by atoms with Crippen molar-refractivity contribution in [2.45, 2.75) is 65.5 Å².